The Kier molecular flexibility index (Phi) is 9.52. The Balaban J connectivity index is 1.18. The maximum atomic E-state index is 6.97. The molecule has 0 spiro atoms. The van der Waals surface area contributed by atoms with E-state index in [-0.39, 0.29) is 23.0 Å². The number of nitrogens with zero attached hydrogens (tertiary/aromatic N) is 2. The van der Waals surface area contributed by atoms with Crippen LogP contribution in [0.25, 0.3) is 105 Å². The fourth-order valence-corrected chi connectivity index (χ4v) is 13.0. The van der Waals surface area contributed by atoms with E-state index in [0.29, 0.717) is 0 Å². The van der Waals surface area contributed by atoms with E-state index in [1.165, 1.54) is 71.7 Å². The van der Waals surface area contributed by atoms with Crippen molar-refractivity contribution in [3.05, 3.63) is 211 Å². The monoisotopic (exact) mass is 994 g/mol. The van der Waals surface area contributed by atoms with Gasteiger partial charge < -0.3 is 18.3 Å². The van der Waals surface area contributed by atoms with Gasteiger partial charge in [-0.25, -0.2) is 0 Å². The van der Waals surface area contributed by atoms with E-state index >= 15 is 0 Å². The second kappa shape index (κ2) is 16.0. The Morgan fingerprint density at radius 3 is 1.60 bits per heavy atom. The third-order valence-corrected chi connectivity index (χ3v) is 17.0. The van der Waals surface area contributed by atoms with Crippen LogP contribution in [0, 0.1) is 0 Å². The second-order valence-electron chi connectivity index (χ2n) is 24.9. The van der Waals surface area contributed by atoms with Crippen LogP contribution in [0.4, 0.5) is 17.1 Å². The highest BCUT2D eigenvalue weighted by molar-refractivity contribution is 7.00. The summed E-state index contributed by atoms with van der Waals surface area (Å²) in [5, 5.41) is 6.99. The van der Waals surface area contributed by atoms with Gasteiger partial charge in [0, 0.05) is 71.6 Å². The van der Waals surface area contributed by atoms with Gasteiger partial charge in [-0.1, -0.05) is 190 Å². The van der Waals surface area contributed by atoms with Gasteiger partial charge in [-0.2, -0.15) is 0 Å². The molecular formula is C72H59BN2O2. The highest BCUT2D eigenvalue weighted by Crippen LogP contribution is 2.53. The topological polar surface area (TPSA) is 34.5 Å². The minimum absolute atomic E-state index is 0.0465. The zero-order chi connectivity index (χ0) is 52.4. The summed E-state index contributed by atoms with van der Waals surface area (Å²) in [4.78, 5) is 2.66. The molecule has 0 atom stereocenters. The molecule has 3 aromatic heterocycles. The van der Waals surface area contributed by atoms with Crippen LogP contribution >= 0.6 is 0 Å². The Hall–Kier alpha value is -8.54. The molecule has 0 N–H and O–H groups in total. The molecular weight excluding hydrogens is 936 g/mol. The van der Waals surface area contributed by atoms with Crippen LogP contribution in [0.3, 0.4) is 0 Å². The lowest BCUT2D eigenvalue weighted by molar-refractivity contribution is 0.590. The maximum absolute atomic E-state index is 6.97. The smallest absolute Gasteiger partial charge is 0.252 e. The summed E-state index contributed by atoms with van der Waals surface area (Å²) >= 11 is 0. The zero-order valence-electron chi connectivity index (χ0n) is 45.3. The summed E-state index contributed by atoms with van der Waals surface area (Å²) in [6.45, 7) is 20.9. The number of benzene rings is 10. The van der Waals surface area contributed by atoms with Crippen LogP contribution in [0.5, 0.6) is 0 Å². The molecule has 5 heteroatoms. The molecule has 0 bridgehead atoms. The SMILES string of the molecule is CC(C)(C)c1cc(-c2ccccc2)c(N2c3cc4c(cc3B3c5c2cc(-c2cccc6c2oc2ccccc26)cc5-n2c5ccc(C(C)(C)C)cc5c5cc(C(C)(C)C)cc3c52)oc2ccccc24)c(-c2ccccc2)c1. The highest BCUT2D eigenvalue weighted by Gasteiger charge is 2.45. The number of para-hydroxylation sites is 3. The molecule has 0 radical (unpaired) electrons. The molecule has 10 aromatic carbocycles. The van der Waals surface area contributed by atoms with E-state index in [4.69, 9.17) is 8.83 Å². The van der Waals surface area contributed by atoms with Crippen molar-refractivity contribution in [1.29, 1.82) is 0 Å². The molecule has 0 unspecified atom stereocenters. The predicted molar refractivity (Wildman–Crippen MR) is 327 cm³/mol. The number of rotatable bonds is 4. The van der Waals surface area contributed by atoms with Crippen molar-refractivity contribution in [3.63, 3.8) is 0 Å². The molecule has 4 nitrogen and oxygen atoms in total. The minimum Gasteiger partial charge on any atom is -0.456 e. The Morgan fingerprint density at radius 2 is 0.935 bits per heavy atom. The zero-order valence-corrected chi connectivity index (χ0v) is 45.3. The van der Waals surface area contributed by atoms with E-state index in [9.17, 15) is 0 Å². The quantitative estimate of drug-likeness (QED) is 0.165. The van der Waals surface area contributed by atoms with Gasteiger partial charge in [-0.15, -0.1) is 0 Å². The average Bonchev–Trinajstić information content (AvgIpc) is 4.35. The highest BCUT2D eigenvalue weighted by atomic mass is 16.3. The first-order valence-electron chi connectivity index (χ1n) is 27.4. The first-order valence-corrected chi connectivity index (χ1v) is 27.4. The maximum Gasteiger partial charge on any atom is 0.252 e. The van der Waals surface area contributed by atoms with E-state index in [2.05, 4.69) is 266 Å². The molecule has 2 aliphatic rings. The van der Waals surface area contributed by atoms with Crippen molar-refractivity contribution in [2.24, 2.45) is 0 Å². The van der Waals surface area contributed by atoms with Crippen LogP contribution in [0.15, 0.2) is 203 Å². The molecule has 15 rings (SSSR count). The second-order valence-corrected chi connectivity index (χ2v) is 24.9. The lowest BCUT2D eigenvalue weighted by Gasteiger charge is -2.42. The average molecular weight is 995 g/mol. The summed E-state index contributed by atoms with van der Waals surface area (Å²) in [5.41, 5.74) is 24.8. The number of anilines is 3. The summed E-state index contributed by atoms with van der Waals surface area (Å²) in [6, 6.07) is 72.8. The van der Waals surface area contributed by atoms with Gasteiger partial charge >= 0.3 is 0 Å². The third-order valence-electron chi connectivity index (χ3n) is 17.0. The number of aromatic nitrogens is 1. The fourth-order valence-electron chi connectivity index (χ4n) is 13.0. The lowest BCUT2D eigenvalue weighted by atomic mass is 9.33. The van der Waals surface area contributed by atoms with Gasteiger partial charge in [0.05, 0.1) is 11.2 Å². The lowest BCUT2D eigenvalue weighted by Crippen LogP contribution is -2.60. The molecule has 77 heavy (non-hydrogen) atoms. The number of hydrogen-bond acceptors (Lipinski definition) is 3. The van der Waals surface area contributed by atoms with E-state index in [1.54, 1.807) is 0 Å². The van der Waals surface area contributed by atoms with Gasteiger partial charge in [0.2, 0.25) is 0 Å². The first-order chi connectivity index (χ1) is 37.1. The third kappa shape index (κ3) is 6.78. The van der Waals surface area contributed by atoms with Gasteiger partial charge in [0.25, 0.3) is 6.71 Å². The molecule has 5 heterocycles. The summed E-state index contributed by atoms with van der Waals surface area (Å²) in [5.74, 6) is 0. The van der Waals surface area contributed by atoms with Crippen molar-refractivity contribution >= 4 is 106 Å². The van der Waals surface area contributed by atoms with E-state index in [0.717, 1.165) is 83.2 Å². The van der Waals surface area contributed by atoms with Crippen molar-refractivity contribution in [2.75, 3.05) is 4.90 Å². The molecule has 0 saturated carbocycles. The molecule has 0 amide bonds. The van der Waals surface area contributed by atoms with Crippen LogP contribution in [-0.4, -0.2) is 11.3 Å². The number of hydrogen-bond donors (Lipinski definition) is 0. The van der Waals surface area contributed by atoms with Crippen LogP contribution in [-0.2, 0) is 16.2 Å². The van der Waals surface area contributed by atoms with Crippen LogP contribution in [0.1, 0.15) is 79.0 Å². The first kappa shape index (κ1) is 45.8. The normalized spacial score (nSPS) is 13.5. The Bertz CT molecular complexity index is 4570. The van der Waals surface area contributed by atoms with E-state index in [1.807, 2.05) is 0 Å². The van der Waals surface area contributed by atoms with Crippen molar-refractivity contribution in [1.82, 2.24) is 4.57 Å². The summed E-state index contributed by atoms with van der Waals surface area (Å²) in [7, 11) is 0. The molecule has 13 aromatic rings. The Labute approximate surface area is 450 Å². The standard InChI is InChI=1S/C72H59BN2O2/c1-70(2,3)45-31-32-59-54(35-45)56-38-47(72(7,8)9)39-58-68(56)74(59)61-33-44(48-27-20-28-51-49-25-16-19-30-64(49)77-69(48)51)34-62-66(61)73(58)57-41-65-55(50-26-17-18-29-63(50)76-65)40-60(57)75(62)67-52(42-21-12-10-13-22-42)36-46(71(4,5)6)37-53(67)43-23-14-11-15-24-43/h10-41H,1-9H3. The number of fused-ring (bicyclic) bond motifs is 13. The van der Waals surface area contributed by atoms with Gasteiger partial charge in [0.15, 0.2) is 0 Å². The van der Waals surface area contributed by atoms with Crippen molar-refractivity contribution in [3.8, 4) is 39.1 Å². The fraction of sp³-hybridized carbons (Fsp3) is 0.167. The Morgan fingerprint density at radius 1 is 0.364 bits per heavy atom. The van der Waals surface area contributed by atoms with Crippen molar-refractivity contribution in [2.45, 2.75) is 78.6 Å². The molecule has 372 valence electrons. The minimum atomic E-state index is -0.155. The molecule has 2 aliphatic heterocycles. The summed E-state index contributed by atoms with van der Waals surface area (Å²) < 4.78 is 16.5. The van der Waals surface area contributed by atoms with Gasteiger partial charge in [-0.05, 0) is 133 Å². The van der Waals surface area contributed by atoms with Crippen molar-refractivity contribution < 1.29 is 8.83 Å². The molecule has 0 aliphatic carbocycles. The summed E-state index contributed by atoms with van der Waals surface area (Å²) in [6.07, 6.45) is 0. The largest absolute Gasteiger partial charge is 0.456 e. The van der Waals surface area contributed by atoms with Crippen LogP contribution in [0.2, 0.25) is 0 Å². The molecule has 0 fully saturated rings. The predicted octanol–water partition coefficient (Wildman–Crippen LogP) is 18.1. The van der Waals surface area contributed by atoms with E-state index < -0.39 is 0 Å². The molecule has 0 saturated heterocycles. The van der Waals surface area contributed by atoms with Gasteiger partial charge in [-0.3, -0.25) is 0 Å². The number of furan rings is 2. The van der Waals surface area contributed by atoms with Crippen LogP contribution < -0.4 is 21.3 Å². The van der Waals surface area contributed by atoms with Gasteiger partial charge in [0.1, 0.15) is 22.3 Å².